The number of ether oxygens (including phenoxy) is 1. The Morgan fingerprint density at radius 2 is 1.06 bits per heavy atom. The van der Waals surface area contributed by atoms with E-state index in [1.165, 1.54) is 33.5 Å². The van der Waals surface area contributed by atoms with E-state index in [0.717, 1.165) is 96.1 Å². The Balaban J connectivity index is 0.00000640. The van der Waals surface area contributed by atoms with E-state index in [9.17, 15) is 0 Å². The molecule has 3 heterocycles. The van der Waals surface area contributed by atoms with Crippen LogP contribution in [0, 0.1) is 18.8 Å². The van der Waals surface area contributed by atoms with E-state index in [2.05, 4.69) is 239 Å². The van der Waals surface area contributed by atoms with Crippen LogP contribution in [-0.2, 0) is 37.3 Å². The molecule has 7 aromatic carbocycles. The molecule has 0 unspecified atom stereocenters. The topological polar surface area (TPSA) is 33.5 Å². The molecule has 0 spiro atoms. The monoisotopic (exact) mass is 1130 g/mol. The van der Waals surface area contributed by atoms with Crippen LogP contribution in [0.25, 0.3) is 27.6 Å². The van der Waals surface area contributed by atoms with Crippen molar-refractivity contribution >= 4 is 44.6 Å². The largest absolute Gasteiger partial charge is 0.509 e. The Bertz CT molecular complexity index is 3190. The van der Waals surface area contributed by atoms with E-state index in [4.69, 9.17) is 9.72 Å². The molecule has 370 valence electrons. The van der Waals surface area contributed by atoms with Crippen LogP contribution in [0.2, 0.25) is 0 Å². The van der Waals surface area contributed by atoms with Crippen LogP contribution in [0.5, 0.6) is 11.5 Å². The van der Waals surface area contributed by atoms with E-state index in [1.54, 1.807) is 0 Å². The summed E-state index contributed by atoms with van der Waals surface area (Å²) < 4.78 is 9.00. The number of hydrogen-bond acceptors (Lipinski definition) is 4. The fraction of sp³-hybridized carbons (Fsp3) is 0.273. The molecule has 2 aromatic heterocycles. The first-order valence-corrected chi connectivity index (χ1v) is 26.0. The van der Waals surface area contributed by atoms with Crippen LogP contribution in [0.15, 0.2) is 176 Å². The van der Waals surface area contributed by atoms with Gasteiger partial charge in [0.1, 0.15) is 5.82 Å². The summed E-state index contributed by atoms with van der Waals surface area (Å²) >= 11 is 0. The molecule has 0 fully saturated rings. The molecule has 1 aliphatic rings. The van der Waals surface area contributed by atoms with Gasteiger partial charge in [0.15, 0.2) is 0 Å². The summed E-state index contributed by atoms with van der Waals surface area (Å²) in [6.07, 6.45) is 10.3. The third kappa shape index (κ3) is 9.19. The average Bonchev–Trinajstić information content (AvgIpc) is 3.95. The predicted octanol–water partition coefficient (Wildman–Crippen LogP) is 18.0. The molecule has 0 aliphatic carbocycles. The molecule has 0 saturated carbocycles. The summed E-state index contributed by atoms with van der Waals surface area (Å²) in [6, 6.07) is 69.4. The van der Waals surface area contributed by atoms with Crippen molar-refractivity contribution in [2.75, 3.05) is 9.80 Å². The van der Waals surface area contributed by atoms with Gasteiger partial charge in [0.2, 0.25) is 0 Å². The fourth-order valence-corrected chi connectivity index (χ4v) is 11.9. The van der Waals surface area contributed by atoms with E-state index in [-0.39, 0.29) is 37.3 Å². The van der Waals surface area contributed by atoms with Gasteiger partial charge in [-0.25, -0.2) is 4.98 Å². The number of rotatable bonds is 17. The zero-order chi connectivity index (χ0) is 49.2. The summed E-state index contributed by atoms with van der Waals surface area (Å²) in [7, 11) is 0. The number of aromatic nitrogens is 2. The first-order valence-electron chi connectivity index (χ1n) is 26.0. The molecule has 0 saturated heterocycles. The Labute approximate surface area is 443 Å². The summed E-state index contributed by atoms with van der Waals surface area (Å²) in [6.45, 7) is 18.4. The Morgan fingerprint density at radius 3 is 1.65 bits per heavy atom. The van der Waals surface area contributed by atoms with Crippen molar-refractivity contribution in [1.29, 1.82) is 0 Å². The number of para-hydroxylation sites is 4. The Morgan fingerprint density at radius 1 is 0.514 bits per heavy atom. The summed E-state index contributed by atoms with van der Waals surface area (Å²) in [4.78, 5) is 9.72. The van der Waals surface area contributed by atoms with Crippen LogP contribution in [0.3, 0.4) is 0 Å². The maximum atomic E-state index is 6.79. The first kappa shape index (κ1) is 50.5. The zero-order valence-corrected chi connectivity index (χ0v) is 45.3. The van der Waals surface area contributed by atoms with Crippen LogP contribution in [-0.4, -0.2) is 9.55 Å². The molecule has 9 aromatic rings. The van der Waals surface area contributed by atoms with Crippen molar-refractivity contribution in [3.8, 4) is 17.3 Å². The van der Waals surface area contributed by atoms with Gasteiger partial charge >= 0.3 is 0 Å². The Kier molecular flexibility index (Phi) is 15.0. The molecular formula is C66H67N4OPt-3. The molecule has 6 heteroatoms. The van der Waals surface area contributed by atoms with Crippen molar-refractivity contribution in [3.05, 3.63) is 223 Å². The molecule has 10 rings (SSSR count). The van der Waals surface area contributed by atoms with E-state index >= 15 is 0 Å². The second-order valence-corrected chi connectivity index (χ2v) is 20.5. The minimum absolute atomic E-state index is 0. The predicted molar refractivity (Wildman–Crippen MR) is 297 cm³/mol. The minimum Gasteiger partial charge on any atom is -0.509 e. The van der Waals surface area contributed by atoms with E-state index in [0.29, 0.717) is 11.5 Å². The third-order valence-corrected chi connectivity index (χ3v) is 14.9. The van der Waals surface area contributed by atoms with E-state index < -0.39 is 0 Å². The zero-order valence-electron chi connectivity index (χ0n) is 43.0. The number of hydrogen-bond donors (Lipinski definition) is 0. The van der Waals surface area contributed by atoms with Crippen molar-refractivity contribution in [1.82, 2.24) is 9.55 Å². The maximum absolute atomic E-state index is 6.79. The minimum atomic E-state index is -0.220. The molecule has 0 bridgehead atoms. The summed E-state index contributed by atoms with van der Waals surface area (Å²) in [5, 5.41) is 2.25. The third-order valence-electron chi connectivity index (χ3n) is 14.9. The van der Waals surface area contributed by atoms with Crippen molar-refractivity contribution < 1.29 is 25.8 Å². The quantitative estimate of drug-likeness (QED) is 0.0851. The molecule has 0 radical (unpaired) electrons. The SMILES string of the molecule is CCCC(CCC)(c1ccccc1)c1cccc(C(CCC)(CCC)c2ccccc2)c1N1[CH-]N(c2[c-]c(Oc3[c-]c4c(cc3)c3ccccc3n4-c3cc(C(C)(C)C)ccn3)ccc2)c2ccccc21.[Pt]. The molecule has 1 aliphatic heterocycles. The standard InChI is InChI=1S/C66H67N4O.Pt/c1-8-39-65(40-9-2,48-24-14-12-15-25-48)56-31-23-32-57(66(41-10-3,42-11-4)49-26-16-13-17-27-49)63(56)69-47-68(59-34-20-21-35-60(59)69)51-28-22-29-52(45-51)71-53-36-37-55-54-30-18-19-33-58(54)70(61(55)46-53)62-44-50(38-43-67-62)64(5,6)7;/h12-38,43-44,47H,8-11,39-42H2,1-7H3;/q-3;. The summed E-state index contributed by atoms with van der Waals surface area (Å²) in [5.41, 5.74) is 12.7. The second-order valence-electron chi connectivity index (χ2n) is 20.5. The number of anilines is 4. The van der Waals surface area contributed by atoms with Gasteiger partial charge in [-0.2, -0.15) is 12.1 Å². The van der Waals surface area contributed by atoms with Gasteiger partial charge in [0.25, 0.3) is 0 Å². The van der Waals surface area contributed by atoms with Crippen LogP contribution in [0.1, 0.15) is 128 Å². The normalized spacial score (nSPS) is 12.9. The van der Waals surface area contributed by atoms with Gasteiger partial charge in [-0.15, -0.1) is 48.1 Å². The number of nitrogens with zero attached hydrogens (tertiary/aromatic N) is 4. The Hall–Kier alpha value is -6.42. The number of fused-ring (bicyclic) bond motifs is 4. The smallest absolute Gasteiger partial charge is 0.135 e. The number of benzene rings is 7. The molecular weight excluding hydrogens is 1060 g/mol. The molecule has 0 atom stereocenters. The molecule has 5 nitrogen and oxygen atoms in total. The second kappa shape index (κ2) is 21.3. The van der Waals surface area contributed by atoms with Gasteiger partial charge < -0.3 is 19.1 Å². The maximum Gasteiger partial charge on any atom is 0.135 e. The van der Waals surface area contributed by atoms with Crippen molar-refractivity contribution in [2.45, 2.75) is 116 Å². The molecule has 0 N–H and O–H groups in total. The van der Waals surface area contributed by atoms with Crippen LogP contribution >= 0.6 is 0 Å². The van der Waals surface area contributed by atoms with Crippen LogP contribution < -0.4 is 14.5 Å². The number of pyridine rings is 1. The molecule has 72 heavy (non-hydrogen) atoms. The van der Waals surface area contributed by atoms with Crippen LogP contribution in [0.4, 0.5) is 22.7 Å². The van der Waals surface area contributed by atoms with Gasteiger partial charge in [-0.3, -0.25) is 0 Å². The molecule has 0 amide bonds. The van der Waals surface area contributed by atoms with Gasteiger partial charge in [-0.05, 0) is 94.6 Å². The van der Waals surface area contributed by atoms with Gasteiger partial charge in [-0.1, -0.05) is 189 Å². The fourth-order valence-electron chi connectivity index (χ4n) is 11.9. The first-order chi connectivity index (χ1) is 34.6. The van der Waals surface area contributed by atoms with Crippen molar-refractivity contribution in [3.63, 3.8) is 0 Å². The van der Waals surface area contributed by atoms with Gasteiger partial charge in [0, 0.05) is 72.2 Å². The average molecular weight is 1130 g/mol. The van der Waals surface area contributed by atoms with Crippen molar-refractivity contribution in [2.24, 2.45) is 0 Å². The van der Waals surface area contributed by atoms with E-state index in [1.807, 2.05) is 18.3 Å². The van der Waals surface area contributed by atoms with Gasteiger partial charge in [0.05, 0.1) is 0 Å². The summed E-state index contributed by atoms with van der Waals surface area (Å²) in [5.74, 6) is 2.09.